The molecule has 0 bridgehead atoms. The molecule has 0 amide bonds. The molecule has 0 aromatic heterocycles. The lowest BCUT2D eigenvalue weighted by Crippen LogP contribution is -1.87. The van der Waals surface area contributed by atoms with E-state index < -0.39 is 0 Å². The monoisotopic (exact) mass is 170 g/mol. The number of allylic oxidation sites excluding steroid dienone is 1. The number of rotatable bonds is 8. The topological polar surface area (TPSA) is 9.23 Å². The summed E-state index contributed by atoms with van der Waals surface area (Å²) in [6.45, 7) is 5.24. The van der Waals surface area contributed by atoms with E-state index in [0.29, 0.717) is 0 Å². The number of hydrogen-bond acceptors (Lipinski definition) is 1. The van der Waals surface area contributed by atoms with Gasteiger partial charge in [0.05, 0.1) is 12.9 Å². The molecule has 0 atom stereocenters. The van der Waals surface area contributed by atoms with Gasteiger partial charge in [0.1, 0.15) is 0 Å². The average Bonchev–Trinajstić information content (AvgIpc) is 2.10. The Morgan fingerprint density at radius 1 is 1.00 bits per heavy atom. The van der Waals surface area contributed by atoms with Crippen LogP contribution in [0.25, 0.3) is 0 Å². The van der Waals surface area contributed by atoms with Crippen molar-refractivity contribution in [2.75, 3.05) is 6.61 Å². The molecule has 0 saturated heterocycles. The highest BCUT2D eigenvalue weighted by Crippen LogP contribution is 2.02. The molecule has 1 heteroatoms. The Hall–Kier alpha value is -0.460. The molecule has 72 valence electrons. The van der Waals surface area contributed by atoms with E-state index in [1.807, 2.05) is 12.3 Å². The molecular weight excluding hydrogens is 148 g/mol. The molecule has 0 radical (unpaired) electrons. The number of ether oxygens (including phenoxy) is 1. The number of hydrogen-bond donors (Lipinski definition) is 0. The van der Waals surface area contributed by atoms with Gasteiger partial charge in [0.15, 0.2) is 0 Å². The third kappa shape index (κ3) is 9.54. The molecule has 0 spiro atoms. The second-order valence-corrected chi connectivity index (χ2v) is 3.07. The Kier molecular flexibility index (Phi) is 10.1. The van der Waals surface area contributed by atoms with E-state index in [1.165, 1.54) is 32.1 Å². The molecule has 0 aromatic carbocycles. The quantitative estimate of drug-likeness (QED) is 0.396. The van der Waals surface area contributed by atoms with Gasteiger partial charge in [0.2, 0.25) is 0 Å². The van der Waals surface area contributed by atoms with Crippen LogP contribution in [0, 0.1) is 0 Å². The predicted octanol–water partition coefficient (Wildman–Crippen LogP) is 3.90. The lowest BCUT2D eigenvalue weighted by atomic mass is 10.2. The summed E-state index contributed by atoms with van der Waals surface area (Å²) in [4.78, 5) is 0. The van der Waals surface area contributed by atoms with Crippen LogP contribution in [-0.2, 0) is 4.74 Å². The van der Waals surface area contributed by atoms with Crippen molar-refractivity contribution in [1.29, 1.82) is 0 Å². The minimum Gasteiger partial charge on any atom is -0.502 e. The summed E-state index contributed by atoms with van der Waals surface area (Å²) in [5, 5.41) is 0. The summed E-state index contributed by atoms with van der Waals surface area (Å²) in [7, 11) is 0. The Morgan fingerprint density at radius 3 is 2.42 bits per heavy atom. The molecule has 0 heterocycles. The SMILES string of the molecule is CC/C=C/OCCCCCCC. The lowest BCUT2D eigenvalue weighted by Gasteiger charge is -1.99. The van der Waals surface area contributed by atoms with Gasteiger partial charge in [-0.1, -0.05) is 45.6 Å². The summed E-state index contributed by atoms with van der Waals surface area (Å²) in [5.41, 5.74) is 0. The largest absolute Gasteiger partial charge is 0.502 e. The van der Waals surface area contributed by atoms with E-state index in [9.17, 15) is 0 Å². The Morgan fingerprint density at radius 2 is 1.75 bits per heavy atom. The van der Waals surface area contributed by atoms with E-state index in [4.69, 9.17) is 4.74 Å². The van der Waals surface area contributed by atoms with Crippen molar-refractivity contribution in [1.82, 2.24) is 0 Å². The van der Waals surface area contributed by atoms with Crippen LogP contribution >= 0.6 is 0 Å². The first-order chi connectivity index (χ1) is 5.91. The summed E-state index contributed by atoms with van der Waals surface area (Å²) in [5.74, 6) is 0. The average molecular weight is 170 g/mol. The van der Waals surface area contributed by atoms with Crippen molar-refractivity contribution in [2.45, 2.75) is 52.4 Å². The third-order valence-corrected chi connectivity index (χ3v) is 1.79. The number of unbranched alkanes of at least 4 members (excludes halogenated alkanes) is 4. The van der Waals surface area contributed by atoms with E-state index >= 15 is 0 Å². The van der Waals surface area contributed by atoms with Crippen molar-refractivity contribution in [3.8, 4) is 0 Å². The van der Waals surface area contributed by atoms with E-state index in [2.05, 4.69) is 13.8 Å². The molecule has 0 aromatic rings. The summed E-state index contributed by atoms with van der Waals surface area (Å²) >= 11 is 0. The van der Waals surface area contributed by atoms with Crippen LogP contribution in [0.4, 0.5) is 0 Å². The second kappa shape index (κ2) is 10.5. The van der Waals surface area contributed by atoms with Crippen LogP contribution in [0.5, 0.6) is 0 Å². The van der Waals surface area contributed by atoms with Gasteiger partial charge >= 0.3 is 0 Å². The lowest BCUT2D eigenvalue weighted by molar-refractivity contribution is 0.239. The maximum atomic E-state index is 5.27. The maximum absolute atomic E-state index is 5.27. The van der Waals surface area contributed by atoms with E-state index in [-0.39, 0.29) is 0 Å². The highest BCUT2D eigenvalue weighted by atomic mass is 16.5. The zero-order valence-corrected chi connectivity index (χ0v) is 8.51. The molecule has 1 nitrogen and oxygen atoms in total. The first-order valence-electron chi connectivity index (χ1n) is 5.18. The molecule has 0 fully saturated rings. The molecule has 12 heavy (non-hydrogen) atoms. The summed E-state index contributed by atoms with van der Waals surface area (Å²) < 4.78 is 5.27. The fourth-order valence-electron chi connectivity index (χ4n) is 1.02. The molecule has 0 saturated carbocycles. The van der Waals surface area contributed by atoms with Crippen LogP contribution in [0.3, 0.4) is 0 Å². The first kappa shape index (κ1) is 11.5. The Balaban J connectivity index is 2.86. The second-order valence-electron chi connectivity index (χ2n) is 3.07. The van der Waals surface area contributed by atoms with Gasteiger partial charge in [-0.15, -0.1) is 0 Å². The van der Waals surface area contributed by atoms with Crippen LogP contribution in [0.15, 0.2) is 12.3 Å². The van der Waals surface area contributed by atoms with Crippen LogP contribution < -0.4 is 0 Å². The predicted molar refractivity (Wildman–Crippen MR) is 54.1 cm³/mol. The molecule has 0 aliphatic heterocycles. The van der Waals surface area contributed by atoms with Gasteiger partial charge in [0.25, 0.3) is 0 Å². The molecule has 0 aliphatic rings. The van der Waals surface area contributed by atoms with E-state index in [0.717, 1.165) is 13.0 Å². The minimum atomic E-state index is 0.889. The molecule has 0 unspecified atom stereocenters. The molecular formula is C11H22O. The highest BCUT2D eigenvalue weighted by molar-refractivity contribution is 4.70. The standard InChI is InChI=1S/C11H22O/c1-3-5-7-8-9-11-12-10-6-4-2/h6,10H,3-5,7-9,11H2,1-2H3/b10-6+. The van der Waals surface area contributed by atoms with Gasteiger partial charge in [-0.25, -0.2) is 0 Å². The molecule has 0 rings (SSSR count). The highest BCUT2D eigenvalue weighted by Gasteiger charge is 1.87. The van der Waals surface area contributed by atoms with Crippen LogP contribution in [0.2, 0.25) is 0 Å². The fourth-order valence-corrected chi connectivity index (χ4v) is 1.02. The van der Waals surface area contributed by atoms with Crippen molar-refractivity contribution in [3.63, 3.8) is 0 Å². The molecule has 0 aliphatic carbocycles. The van der Waals surface area contributed by atoms with Gasteiger partial charge in [-0.05, 0) is 12.8 Å². The zero-order valence-electron chi connectivity index (χ0n) is 8.51. The van der Waals surface area contributed by atoms with Gasteiger partial charge < -0.3 is 4.74 Å². The van der Waals surface area contributed by atoms with Gasteiger partial charge in [-0.2, -0.15) is 0 Å². The van der Waals surface area contributed by atoms with Crippen molar-refractivity contribution in [3.05, 3.63) is 12.3 Å². The van der Waals surface area contributed by atoms with E-state index in [1.54, 1.807) is 0 Å². The normalized spacial score (nSPS) is 10.8. The van der Waals surface area contributed by atoms with Crippen molar-refractivity contribution in [2.24, 2.45) is 0 Å². The summed E-state index contributed by atoms with van der Waals surface area (Å²) in [6, 6.07) is 0. The Labute approximate surface area is 76.8 Å². The van der Waals surface area contributed by atoms with Crippen molar-refractivity contribution < 1.29 is 4.74 Å². The van der Waals surface area contributed by atoms with Crippen LogP contribution in [0.1, 0.15) is 52.4 Å². The third-order valence-electron chi connectivity index (χ3n) is 1.79. The van der Waals surface area contributed by atoms with Crippen LogP contribution in [-0.4, -0.2) is 6.61 Å². The van der Waals surface area contributed by atoms with Crippen molar-refractivity contribution >= 4 is 0 Å². The zero-order chi connectivity index (χ0) is 9.07. The summed E-state index contributed by atoms with van der Waals surface area (Å²) in [6.07, 6.45) is 11.5. The fraction of sp³-hybridized carbons (Fsp3) is 0.818. The first-order valence-corrected chi connectivity index (χ1v) is 5.18. The minimum absolute atomic E-state index is 0.889. The van der Waals surface area contributed by atoms with Gasteiger partial charge in [-0.3, -0.25) is 0 Å². The van der Waals surface area contributed by atoms with Gasteiger partial charge in [0, 0.05) is 0 Å². The maximum Gasteiger partial charge on any atom is 0.0873 e. The smallest absolute Gasteiger partial charge is 0.0873 e. The molecule has 0 N–H and O–H groups in total. The Bertz CT molecular complexity index is 97.2.